The van der Waals surface area contributed by atoms with E-state index in [9.17, 15) is 0 Å². The summed E-state index contributed by atoms with van der Waals surface area (Å²) in [5.41, 5.74) is 13.8. The number of aromatic nitrogens is 6. The number of thiophene rings is 2. The molecule has 0 amide bonds. The van der Waals surface area contributed by atoms with Gasteiger partial charge in [0.05, 0.1) is 44.1 Å². The number of rotatable bonds is 5. The smallest absolute Gasteiger partial charge is 0.165 e. The highest BCUT2D eigenvalue weighted by Gasteiger charge is 2.29. The van der Waals surface area contributed by atoms with E-state index in [0.29, 0.717) is 0 Å². The van der Waals surface area contributed by atoms with Crippen molar-refractivity contribution in [3.8, 4) is 45.3 Å². The van der Waals surface area contributed by atoms with Crippen LogP contribution in [0.2, 0.25) is 0 Å². The monoisotopic (exact) mass is 1450 g/mol. The van der Waals surface area contributed by atoms with Crippen LogP contribution in [0.25, 0.3) is 259 Å². The van der Waals surface area contributed by atoms with Crippen molar-refractivity contribution in [2.45, 2.75) is 0 Å². The highest BCUT2D eigenvalue weighted by atomic mass is 32.1. The van der Waals surface area contributed by atoms with Gasteiger partial charge in [-0.05, 0) is 135 Å². The summed E-state index contributed by atoms with van der Waals surface area (Å²) in [6.07, 6.45) is 0. The SMILES string of the molecule is c1ccc2c(c1)ccc1nc(-c3cccc4c3sc3ccccc34)c(-n3c4ccc5c6ccccc6c6cc(-c7ccc8c(ccc9nc(-n%10c%11ccc%12c%13ccccc%13c%13ccccc%13c%12c%11c%11ccc%12ccccc%12c%11%10)c(-c%10cccc%11c%10sc%10ccccc%10%11)nc98)c7)ccc6c5c4c4ccc5ccccc5c43)nc12. The molecule has 0 aliphatic heterocycles. The van der Waals surface area contributed by atoms with Gasteiger partial charge in [0, 0.05) is 105 Å². The van der Waals surface area contributed by atoms with Gasteiger partial charge >= 0.3 is 0 Å². The molecule has 0 aliphatic carbocycles. The lowest BCUT2D eigenvalue weighted by Crippen LogP contribution is -2.04. The molecule has 26 aromatic rings. The molecule has 0 N–H and O–H groups in total. The Morgan fingerprint density at radius 3 is 1.15 bits per heavy atom. The first-order valence-corrected chi connectivity index (χ1v) is 39.9. The lowest BCUT2D eigenvalue weighted by molar-refractivity contribution is 1.09. The number of hydrogen-bond acceptors (Lipinski definition) is 6. The summed E-state index contributed by atoms with van der Waals surface area (Å²) >= 11 is 3.66. The molecule has 8 heteroatoms. The molecule has 0 saturated carbocycles. The Morgan fingerprint density at radius 2 is 0.580 bits per heavy atom. The maximum atomic E-state index is 6.07. The topological polar surface area (TPSA) is 61.4 Å². The lowest BCUT2D eigenvalue weighted by Gasteiger charge is -2.17. The van der Waals surface area contributed by atoms with E-state index in [-0.39, 0.29) is 0 Å². The molecule has 0 spiro atoms. The van der Waals surface area contributed by atoms with E-state index in [1.807, 2.05) is 22.7 Å². The van der Waals surface area contributed by atoms with E-state index >= 15 is 0 Å². The summed E-state index contributed by atoms with van der Waals surface area (Å²) in [5.74, 6) is 1.59. The maximum absolute atomic E-state index is 6.07. The lowest BCUT2D eigenvalue weighted by atomic mass is 9.89. The molecule has 0 radical (unpaired) electrons. The van der Waals surface area contributed by atoms with E-state index in [2.05, 4.69) is 349 Å². The van der Waals surface area contributed by atoms with Crippen LogP contribution in [0, 0.1) is 0 Å². The molecular formula is C104H56N6S2. The van der Waals surface area contributed by atoms with Crippen LogP contribution in [0.4, 0.5) is 0 Å². The summed E-state index contributed by atoms with van der Waals surface area (Å²) in [5, 5.41) is 33.2. The van der Waals surface area contributed by atoms with Crippen molar-refractivity contribution in [1.29, 1.82) is 0 Å². The van der Waals surface area contributed by atoms with E-state index in [0.717, 1.165) is 133 Å². The fraction of sp³-hybridized carbons (Fsp3) is 0. The van der Waals surface area contributed by atoms with E-state index in [1.165, 1.54) is 127 Å². The Hall–Kier alpha value is -14.3. The predicted octanol–water partition coefficient (Wildman–Crippen LogP) is 29.0. The Morgan fingerprint density at radius 1 is 0.214 bits per heavy atom. The Bertz CT molecular complexity index is 8770. The van der Waals surface area contributed by atoms with Crippen LogP contribution in [-0.4, -0.2) is 29.1 Å². The highest BCUT2D eigenvalue weighted by molar-refractivity contribution is 7.26. The first-order chi connectivity index (χ1) is 55.6. The second kappa shape index (κ2) is 22.7. The largest absolute Gasteiger partial charge is 0.291 e. The second-order valence-electron chi connectivity index (χ2n) is 30.1. The predicted molar refractivity (Wildman–Crippen MR) is 478 cm³/mol. The van der Waals surface area contributed by atoms with Gasteiger partial charge in [0.1, 0.15) is 11.4 Å². The van der Waals surface area contributed by atoms with Crippen LogP contribution in [0.5, 0.6) is 0 Å². The van der Waals surface area contributed by atoms with Gasteiger partial charge in [-0.25, -0.2) is 19.9 Å². The molecule has 0 atom stereocenters. The first-order valence-electron chi connectivity index (χ1n) is 38.2. The van der Waals surface area contributed by atoms with Gasteiger partial charge in [0.15, 0.2) is 11.6 Å². The van der Waals surface area contributed by atoms with Crippen molar-refractivity contribution in [3.05, 3.63) is 340 Å². The van der Waals surface area contributed by atoms with E-state index < -0.39 is 0 Å². The van der Waals surface area contributed by atoms with Gasteiger partial charge in [-0.15, -0.1) is 22.7 Å². The zero-order valence-electron chi connectivity index (χ0n) is 59.8. The Balaban J connectivity index is 0.704. The standard InChI is InChI=1S/C104H56N6S2/c1-4-22-63-57(19-1)43-51-85-96(63)108-104(97(105-85)82-35-17-33-78-72-30-13-15-37-89(72)111-101(78)82)110-88-54-50-76-70-28-9-10-29-71(70)84-56-61(42-46-77(84)92(76)94(88)81-48-40-59-21-3-6-24-66(59)100(81)110)60-41-45-64-62(55-60)44-52-86-95(64)107-98(83-36-18-34-79-73-31-14-16-38-90(73)112-102(79)83)103(106-86)109-87-53-49-75-69-27-8-7-25-67(69)68-26-11-12-32-74(68)91(75)93(87)80-47-39-58-20-2-5-23-65(58)99(80)109/h1-56H. The third-order valence-electron chi connectivity index (χ3n) is 24.4. The molecule has 0 aliphatic rings. The third kappa shape index (κ3) is 8.30. The molecule has 6 heterocycles. The average molecular weight is 1450 g/mol. The normalized spacial score (nSPS) is 12.5. The minimum absolute atomic E-state index is 0.794. The zero-order valence-corrected chi connectivity index (χ0v) is 61.5. The average Bonchev–Trinajstić information content (AvgIpc) is 1.52. The van der Waals surface area contributed by atoms with Gasteiger partial charge in [-0.1, -0.05) is 291 Å². The molecule has 514 valence electrons. The molecule has 112 heavy (non-hydrogen) atoms. The molecule has 0 fully saturated rings. The summed E-state index contributed by atoms with van der Waals surface area (Å²) in [7, 11) is 0. The molecule has 6 aromatic heterocycles. The van der Waals surface area contributed by atoms with Crippen LogP contribution in [0.1, 0.15) is 0 Å². The quantitative estimate of drug-likeness (QED) is 0.161. The van der Waals surface area contributed by atoms with Crippen molar-refractivity contribution in [2.75, 3.05) is 0 Å². The fourth-order valence-corrected chi connectivity index (χ4v) is 22.0. The van der Waals surface area contributed by atoms with Crippen molar-refractivity contribution >= 4 is 236 Å². The van der Waals surface area contributed by atoms with Gasteiger partial charge in [-0.2, -0.15) is 0 Å². The van der Waals surface area contributed by atoms with Crippen molar-refractivity contribution in [2.24, 2.45) is 0 Å². The first kappa shape index (κ1) is 60.7. The van der Waals surface area contributed by atoms with Gasteiger partial charge < -0.3 is 0 Å². The molecule has 0 bridgehead atoms. The molecule has 20 aromatic carbocycles. The molecule has 0 unspecified atom stereocenters. The molecule has 6 nitrogen and oxygen atoms in total. The van der Waals surface area contributed by atoms with Crippen LogP contribution in [-0.2, 0) is 0 Å². The fourth-order valence-electron chi connectivity index (χ4n) is 19.5. The Kier molecular flexibility index (Phi) is 12.3. The minimum atomic E-state index is 0.794. The van der Waals surface area contributed by atoms with E-state index in [4.69, 9.17) is 19.9 Å². The van der Waals surface area contributed by atoms with Gasteiger partial charge in [0.2, 0.25) is 0 Å². The third-order valence-corrected chi connectivity index (χ3v) is 26.8. The van der Waals surface area contributed by atoms with Gasteiger partial charge in [-0.3, -0.25) is 9.13 Å². The summed E-state index contributed by atoms with van der Waals surface area (Å²) in [4.78, 5) is 23.8. The number of fused-ring (bicyclic) bond motifs is 36. The number of benzene rings is 20. The maximum Gasteiger partial charge on any atom is 0.165 e. The van der Waals surface area contributed by atoms with Crippen LogP contribution >= 0.6 is 22.7 Å². The summed E-state index contributed by atoms with van der Waals surface area (Å²) < 4.78 is 9.79. The van der Waals surface area contributed by atoms with Crippen LogP contribution < -0.4 is 0 Å². The van der Waals surface area contributed by atoms with Crippen molar-refractivity contribution in [3.63, 3.8) is 0 Å². The zero-order chi connectivity index (χ0) is 72.7. The summed E-state index contributed by atoms with van der Waals surface area (Å²) in [6.45, 7) is 0. The Labute approximate surface area is 645 Å². The molecule has 26 rings (SSSR count). The molecule has 0 saturated heterocycles. The van der Waals surface area contributed by atoms with E-state index in [1.54, 1.807) is 0 Å². The van der Waals surface area contributed by atoms with Crippen molar-refractivity contribution in [1.82, 2.24) is 29.1 Å². The van der Waals surface area contributed by atoms with Crippen molar-refractivity contribution < 1.29 is 0 Å². The second-order valence-corrected chi connectivity index (χ2v) is 32.2. The van der Waals surface area contributed by atoms with Gasteiger partial charge in [0.25, 0.3) is 0 Å². The highest BCUT2D eigenvalue weighted by Crippen LogP contribution is 2.52. The van der Waals surface area contributed by atoms with Crippen LogP contribution in [0.15, 0.2) is 340 Å². The minimum Gasteiger partial charge on any atom is -0.291 e. The van der Waals surface area contributed by atoms with Crippen LogP contribution in [0.3, 0.4) is 0 Å². The number of nitrogens with zero attached hydrogens (tertiary/aromatic N) is 6. The molecular weight excluding hydrogens is 1400 g/mol. The number of hydrogen-bond donors (Lipinski definition) is 0. The summed E-state index contributed by atoms with van der Waals surface area (Å²) in [6, 6.07) is 126.